The minimum absolute atomic E-state index is 0.219. The van der Waals surface area contributed by atoms with Crippen molar-refractivity contribution < 1.29 is 9.18 Å². The van der Waals surface area contributed by atoms with Crippen molar-refractivity contribution in [2.75, 3.05) is 5.32 Å². The Labute approximate surface area is 115 Å². The van der Waals surface area contributed by atoms with Gasteiger partial charge in [-0.3, -0.25) is 4.79 Å². The van der Waals surface area contributed by atoms with E-state index >= 15 is 0 Å². The van der Waals surface area contributed by atoms with Crippen molar-refractivity contribution in [3.63, 3.8) is 0 Å². The summed E-state index contributed by atoms with van der Waals surface area (Å²) in [6, 6.07) is 14.0. The number of para-hydroxylation sites is 2. The van der Waals surface area contributed by atoms with Crippen molar-refractivity contribution in [1.29, 1.82) is 0 Å². The lowest BCUT2D eigenvalue weighted by Crippen LogP contribution is -2.14. The SMILES string of the molecule is Cc1cccc(F)c1NC(=O)c1cc2ccccc2[nH]1. The number of aromatic amines is 1. The van der Waals surface area contributed by atoms with Gasteiger partial charge < -0.3 is 10.3 Å². The first-order valence-electron chi connectivity index (χ1n) is 6.29. The molecule has 100 valence electrons. The molecule has 1 amide bonds. The first kappa shape index (κ1) is 12.4. The molecule has 1 aromatic heterocycles. The summed E-state index contributed by atoms with van der Waals surface area (Å²) in [5, 5.41) is 3.56. The molecule has 0 radical (unpaired) electrons. The number of aryl methyl sites for hydroxylation is 1. The van der Waals surface area contributed by atoms with Crippen LogP contribution in [0.3, 0.4) is 0 Å². The summed E-state index contributed by atoms with van der Waals surface area (Å²) in [6.45, 7) is 1.75. The lowest BCUT2D eigenvalue weighted by molar-refractivity contribution is 0.102. The van der Waals surface area contributed by atoms with E-state index in [-0.39, 0.29) is 11.6 Å². The van der Waals surface area contributed by atoms with Crippen LogP contribution in [-0.2, 0) is 0 Å². The molecular weight excluding hydrogens is 255 g/mol. The first-order valence-corrected chi connectivity index (χ1v) is 6.29. The maximum atomic E-state index is 13.7. The maximum Gasteiger partial charge on any atom is 0.272 e. The zero-order valence-electron chi connectivity index (χ0n) is 10.9. The van der Waals surface area contributed by atoms with E-state index in [4.69, 9.17) is 0 Å². The average molecular weight is 268 g/mol. The number of anilines is 1. The van der Waals surface area contributed by atoms with Gasteiger partial charge in [-0.05, 0) is 30.7 Å². The summed E-state index contributed by atoms with van der Waals surface area (Å²) < 4.78 is 13.7. The molecular formula is C16H13FN2O. The lowest BCUT2D eigenvalue weighted by atomic mass is 10.2. The van der Waals surface area contributed by atoms with Gasteiger partial charge in [0.05, 0.1) is 5.69 Å². The minimum Gasteiger partial charge on any atom is -0.351 e. The molecule has 4 heteroatoms. The summed E-state index contributed by atoms with van der Waals surface area (Å²) in [7, 11) is 0. The standard InChI is InChI=1S/C16H13FN2O/c1-10-5-4-7-12(17)15(10)19-16(20)14-9-11-6-2-3-8-13(11)18-14/h2-9,18H,1H3,(H,19,20). The van der Waals surface area contributed by atoms with E-state index in [1.165, 1.54) is 6.07 Å². The van der Waals surface area contributed by atoms with Gasteiger partial charge in [-0.25, -0.2) is 4.39 Å². The number of amides is 1. The number of nitrogens with one attached hydrogen (secondary N) is 2. The summed E-state index contributed by atoms with van der Waals surface area (Å²) in [5.74, 6) is -0.788. The van der Waals surface area contributed by atoms with E-state index in [0.29, 0.717) is 11.3 Å². The molecule has 3 aromatic rings. The number of halogens is 1. The monoisotopic (exact) mass is 268 g/mol. The predicted molar refractivity (Wildman–Crippen MR) is 77.4 cm³/mol. The van der Waals surface area contributed by atoms with Gasteiger partial charge >= 0.3 is 0 Å². The number of hydrogen-bond donors (Lipinski definition) is 2. The molecule has 0 spiro atoms. The number of H-pyrrole nitrogens is 1. The Hall–Kier alpha value is -2.62. The van der Waals surface area contributed by atoms with E-state index in [1.807, 2.05) is 24.3 Å². The van der Waals surface area contributed by atoms with Crippen molar-refractivity contribution in [1.82, 2.24) is 4.98 Å². The second-order valence-corrected chi connectivity index (χ2v) is 4.66. The van der Waals surface area contributed by atoms with Crippen LogP contribution >= 0.6 is 0 Å². The molecule has 0 unspecified atom stereocenters. The molecule has 3 nitrogen and oxygen atoms in total. The molecule has 20 heavy (non-hydrogen) atoms. The second kappa shape index (κ2) is 4.81. The van der Waals surface area contributed by atoms with E-state index in [2.05, 4.69) is 10.3 Å². The third-order valence-corrected chi connectivity index (χ3v) is 3.24. The quantitative estimate of drug-likeness (QED) is 0.728. The molecule has 0 saturated carbocycles. The fraction of sp³-hybridized carbons (Fsp3) is 0.0625. The highest BCUT2D eigenvalue weighted by molar-refractivity contribution is 6.06. The number of fused-ring (bicyclic) bond motifs is 1. The Morgan fingerprint density at radius 1 is 1.15 bits per heavy atom. The van der Waals surface area contributed by atoms with E-state index < -0.39 is 5.82 Å². The third-order valence-electron chi connectivity index (χ3n) is 3.24. The molecule has 1 heterocycles. The van der Waals surface area contributed by atoms with Crippen molar-refractivity contribution in [2.24, 2.45) is 0 Å². The molecule has 0 aliphatic carbocycles. The van der Waals surface area contributed by atoms with Gasteiger partial charge in [-0.1, -0.05) is 30.3 Å². The van der Waals surface area contributed by atoms with Crippen LogP contribution in [0, 0.1) is 12.7 Å². The van der Waals surface area contributed by atoms with Gasteiger partial charge in [0.1, 0.15) is 11.5 Å². The Kier molecular flexibility index (Phi) is 2.99. The Bertz CT molecular complexity index is 739. The topological polar surface area (TPSA) is 44.9 Å². The van der Waals surface area contributed by atoms with E-state index in [9.17, 15) is 9.18 Å². The summed E-state index contributed by atoms with van der Waals surface area (Å²) in [4.78, 5) is 15.2. The molecule has 0 aliphatic rings. The van der Waals surface area contributed by atoms with Crippen LogP contribution in [0.4, 0.5) is 10.1 Å². The Morgan fingerprint density at radius 2 is 1.95 bits per heavy atom. The number of hydrogen-bond acceptors (Lipinski definition) is 1. The molecule has 2 N–H and O–H groups in total. The van der Waals surface area contributed by atoms with Gasteiger partial charge in [-0.2, -0.15) is 0 Å². The molecule has 0 aliphatic heterocycles. The Morgan fingerprint density at radius 3 is 2.70 bits per heavy atom. The summed E-state index contributed by atoms with van der Waals surface area (Å²) in [5.41, 5.74) is 2.20. The smallest absolute Gasteiger partial charge is 0.272 e. The van der Waals surface area contributed by atoms with Crippen LogP contribution in [0.25, 0.3) is 10.9 Å². The fourth-order valence-electron chi connectivity index (χ4n) is 2.17. The van der Waals surface area contributed by atoms with Crippen molar-refractivity contribution in [2.45, 2.75) is 6.92 Å². The summed E-state index contributed by atoms with van der Waals surface area (Å²) in [6.07, 6.45) is 0. The van der Waals surface area contributed by atoms with Crippen LogP contribution in [0.15, 0.2) is 48.5 Å². The fourth-order valence-corrected chi connectivity index (χ4v) is 2.17. The summed E-state index contributed by atoms with van der Waals surface area (Å²) >= 11 is 0. The number of carbonyl (C=O) groups is 1. The van der Waals surface area contributed by atoms with Gasteiger partial charge in [-0.15, -0.1) is 0 Å². The molecule has 0 saturated heterocycles. The van der Waals surface area contributed by atoms with Crippen LogP contribution in [0.2, 0.25) is 0 Å². The maximum absolute atomic E-state index is 13.7. The van der Waals surface area contributed by atoms with Crippen LogP contribution < -0.4 is 5.32 Å². The molecule has 3 rings (SSSR count). The highest BCUT2D eigenvalue weighted by Crippen LogP contribution is 2.21. The van der Waals surface area contributed by atoms with Crippen LogP contribution in [0.1, 0.15) is 16.1 Å². The normalized spacial score (nSPS) is 10.7. The number of aromatic nitrogens is 1. The van der Waals surface area contributed by atoms with Gasteiger partial charge in [0, 0.05) is 10.9 Å². The highest BCUT2D eigenvalue weighted by Gasteiger charge is 2.13. The third kappa shape index (κ3) is 2.16. The number of benzene rings is 2. The molecule has 2 aromatic carbocycles. The van der Waals surface area contributed by atoms with Gasteiger partial charge in [0.15, 0.2) is 0 Å². The van der Waals surface area contributed by atoms with Gasteiger partial charge in [0.25, 0.3) is 5.91 Å². The average Bonchev–Trinajstić information content (AvgIpc) is 2.87. The molecule has 0 fully saturated rings. The van der Waals surface area contributed by atoms with Crippen LogP contribution in [-0.4, -0.2) is 10.9 Å². The number of rotatable bonds is 2. The van der Waals surface area contributed by atoms with E-state index in [1.54, 1.807) is 25.1 Å². The Balaban J connectivity index is 1.93. The van der Waals surface area contributed by atoms with Crippen LogP contribution in [0.5, 0.6) is 0 Å². The highest BCUT2D eigenvalue weighted by atomic mass is 19.1. The molecule has 0 atom stereocenters. The minimum atomic E-state index is -0.436. The largest absolute Gasteiger partial charge is 0.351 e. The van der Waals surface area contributed by atoms with Crippen molar-refractivity contribution >= 4 is 22.5 Å². The second-order valence-electron chi connectivity index (χ2n) is 4.66. The lowest BCUT2D eigenvalue weighted by Gasteiger charge is -2.08. The van der Waals surface area contributed by atoms with Gasteiger partial charge in [0.2, 0.25) is 0 Å². The predicted octanol–water partition coefficient (Wildman–Crippen LogP) is 3.87. The van der Waals surface area contributed by atoms with Crippen molar-refractivity contribution in [3.05, 3.63) is 65.6 Å². The zero-order valence-corrected chi connectivity index (χ0v) is 10.9. The number of carbonyl (C=O) groups excluding carboxylic acids is 1. The zero-order chi connectivity index (χ0) is 14.1. The van der Waals surface area contributed by atoms with Crippen molar-refractivity contribution in [3.8, 4) is 0 Å². The van der Waals surface area contributed by atoms with E-state index in [0.717, 1.165) is 10.9 Å². The molecule has 0 bridgehead atoms. The first-order chi connectivity index (χ1) is 9.65.